The quantitative estimate of drug-likeness (QED) is 0.0717. The van der Waals surface area contributed by atoms with E-state index in [1.165, 1.54) is 160 Å². The molecule has 4 nitrogen and oxygen atoms in total. The van der Waals surface area contributed by atoms with E-state index in [2.05, 4.69) is 13.8 Å². The molecule has 0 saturated carbocycles. The Morgan fingerprint density at radius 3 is 0.795 bits per heavy atom. The van der Waals surface area contributed by atoms with Gasteiger partial charge in [0, 0.05) is 12.2 Å². The van der Waals surface area contributed by atoms with Crippen molar-refractivity contribution in [1.82, 2.24) is 0 Å². The van der Waals surface area contributed by atoms with Crippen LogP contribution in [0, 0.1) is 0 Å². The Bertz CT molecular complexity index is 553. The van der Waals surface area contributed by atoms with Crippen LogP contribution in [0.1, 0.15) is 187 Å². The first-order chi connectivity index (χ1) is 19.0. The third kappa shape index (κ3) is 43.7. The second-order valence-corrected chi connectivity index (χ2v) is 11.2. The van der Waals surface area contributed by atoms with Gasteiger partial charge in [0.05, 0.1) is 0 Å². The lowest BCUT2D eigenvalue weighted by Gasteiger charge is -2.02. The van der Waals surface area contributed by atoms with Gasteiger partial charge < -0.3 is 10.2 Å². The van der Waals surface area contributed by atoms with Crippen LogP contribution in [0.4, 0.5) is 0 Å². The third-order valence-corrected chi connectivity index (χ3v) is 7.22. The highest BCUT2D eigenvalue weighted by Gasteiger charge is 1.95. The molecule has 0 spiro atoms. The molecule has 0 aromatic carbocycles. The van der Waals surface area contributed by atoms with Crippen molar-refractivity contribution in [3.63, 3.8) is 0 Å². The summed E-state index contributed by atoms with van der Waals surface area (Å²) < 4.78 is 0. The summed E-state index contributed by atoms with van der Waals surface area (Å²) in [7, 11) is 0. The van der Waals surface area contributed by atoms with Crippen molar-refractivity contribution < 1.29 is 19.8 Å². The van der Waals surface area contributed by atoms with Gasteiger partial charge >= 0.3 is 11.9 Å². The summed E-state index contributed by atoms with van der Waals surface area (Å²) in [5, 5.41) is 16.8. The first-order valence-corrected chi connectivity index (χ1v) is 16.8. The molecule has 0 rings (SSSR count). The Morgan fingerprint density at radius 2 is 0.590 bits per heavy atom. The highest BCUT2D eigenvalue weighted by molar-refractivity contribution is 5.79. The molecule has 0 amide bonds. The Hall–Kier alpha value is -1.58. The molecule has 0 saturated heterocycles. The number of aliphatic carboxylic acids is 2. The van der Waals surface area contributed by atoms with Crippen LogP contribution < -0.4 is 0 Å². The van der Waals surface area contributed by atoms with E-state index in [-0.39, 0.29) is 0 Å². The molecule has 0 aromatic rings. The third-order valence-electron chi connectivity index (χ3n) is 7.22. The van der Waals surface area contributed by atoms with Crippen molar-refractivity contribution in [3.8, 4) is 0 Å². The van der Waals surface area contributed by atoms with Crippen molar-refractivity contribution >= 4 is 11.9 Å². The van der Waals surface area contributed by atoms with Crippen LogP contribution in [0.3, 0.4) is 0 Å². The van der Waals surface area contributed by atoms with Gasteiger partial charge in [0.1, 0.15) is 0 Å². The molecule has 0 aliphatic heterocycles. The van der Waals surface area contributed by atoms with Gasteiger partial charge in [-0.3, -0.25) is 0 Å². The summed E-state index contributed by atoms with van der Waals surface area (Å²) in [6, 6.07) is 0. The minimum absolute atomic E-state index is 0.834. The molecular formula is C35H66O4. The zero-order chi connectivity index (χ0) is 29.1. The van der Waals surface area contributed by atoms with Crippen LogP contribution in [0.15, 0.2) is 24.3 Å². The van der Waals surface area contributed by atoms with Crippen LogP contribution in [0.5, 0.6) is 0 Å². The summed E-state index contributed by atoms with van der Waals surface area (Å²) in [6.07, 6.45) is 41.6. The molecule has 4 heteroatoms. The van der Waals surface area contributed by atoms with Crippen molar-refractivity contribution in [2.24, 2.45) is 0 Å². The second-order valence-electron chi connectivity index (χ2n) is 11.2. The van der Waals surface area contributed by atoms with Gasteiger partial charge in [0.15, 0.2) is 0 Å². The number of carboxylic acid groups (broad SMARTS) is 2. The number of allylic oxidation sites excluding steroid dienone is 2. The molecule has 0 radical (unpaired) electrons. The number of carboxylic acids is 2. The van der Waals surface area contributed by atoms with Crippen LogP contribution in [-0.2, 0) is 9.59 Å². The first kappa shape index (κ1) is 39.6. The summed E-state index contributed by atoms with van der Waals surface area (Å²) in [5.74, 6) is -1.67. The highest BCUT2D eigenvalue weighted by Crippen LogP contribution is 2.14. The Labute approximate surface area is 243 Å². The fourth-order valence-electron chi connectivity index (χ4n) is 4.75. The van der Waals surface area contributed by atoms with Crippen LogP contribution in [0.2, 0.25) is 0 Å². The van der Waals surface area contributed by atoms with Gasteiger partial charge in [-0.25, -0.2) is 9.59 Å². The molecule has 0 aliphatic rings. The maximum Gasteiger partial charge on any atom is 0.327 e. The zero-order valence-electron chi connectivity index (χ0n) is 26.1. The van der Waals surface area contributed by atoms with Gasteiger partial charge in [0.25, 0.3) is 0 Å². The van der Waals surface area contributed by atoms with E-state index in [4.69, 9.17) is 10.2 Å². The normalized spacial score (nSPS) is 11.2. The standard InChI is InChI=1S/C18H34O2.C17H32O2/c1-2-3-4-5-6-7-8-9-10-11-12-13-14-15-16-17-18(19)20;1-2-3-4-5-6-7-8-9-10-11-12-13-14-15-16-17(18)19/h16-17H,2-15H2,1H3,(H,19,20);15-16H,2-14H2,1H3,(H,18,19). The van der Waals surface area contributed by atoms with Gasteiger partial charge in [-0.1, -0.05) is 174 Å². The minimum atomic E-state index is -0.834. The average molecular weight is 551 g/mol. The van der Waals surface area contributed by atoms with Gasteiger partial charge in [-0.15, -0.1) is 0 Å². The van der Waals surface area contributed by atoms with Crippen molar-refractivity contribution in [3.05, 3.63) is 24.3 Å². The Kier molecular flexibility index (Phi) is 36.9. The fourth-order valence-corrected chi connectivity index (χ4v) is 4.75. The summed E-state index contributed by atoms with van der Waals surface area (Å²) >= 11 is 0. The van der Waals surface area contributed by atoms with Crippen LogP contribution in [0.25, 0.3) is 0 Å². The molecule has 0 unspecified atom stereocenters. The van der Waals surface area contributed by atoms with Gasteiger partial charge in [-0.05, 0) is 25.7 Å². The fraction of sp³-hybridized carbons (Fsp3) is 0.829. The number of carbonyl (C=O) groups is 2. The van der Waals surface area contributed by atoms with E-state index < -0.39 is 11.9 Å². The maximum absolute atomic E-state index is 10.2. The van der Waals surface area contributed by atoms with E-state index >= 15 is 0 Å². The lowest BCUT2D eigenvalue weighted by molar-refractivity contribution is -0.132. The van der Waals surface area contributed by atoms with Crippen molar-refractivity contribution in [1.29, 1.82) is 0 Å². The minimum Gasteiger partial charge on any atom is -0.478 e. The molecule has 39 heavy (non-hydrogen) atoms. The van der Waals surface area contributed by atoms with E-state index in [1.807, 2.05) is 0 Å². The predicted octanol–water partition coefficient (Wildman–Crippen LogP) is 11.8. The number of hydrogen-bond donors (Lipinski definition) is 2. The second kappa shape index (κ2) is 36.4. The zero-order valence-corrected chi connectivity index (χ0v) is 26.1. The number of hydrogen-bond acceptors (Lipinski definition) is 2. The van der Waals surface area contributed by atoms with Crippen molar-refractivity contribution in [2.45, 2.75) is 187 Å². The number of rotatable bonds is 29. The summed E-state index contributed by atoms with van der Waals surface area (Å²) in [6.45, 7) is 4.53. The molecule has 0 atom stereocenters. The molecule has 0 heterocycles. The lowest BCUT2D eigenvalue weighted by atomic mass is 10.0. The number of unbranched alkanes of at least 4 members (excludes halogenated alkanes) is 25. The smallest absolute Gasteiger partial charge is 0.327 e. The van der Waals surface area contributed by atoms with Gasteiger partial charge in [-0.2, -0.15) is 0 Å². The van der Waals surface area contributed by atoms with Crippen LogP contribution in [-0.4, -0.2) is 22.2 Å². The molecule has 2 N–H and O–H groups in total. The monoisotopic (exact) mass is 550 g/mol. The molecule has 0 aromatic heterocycles. The van der Waals surface area contributed by atoms with E-state index in [0.29, 0.717) is 0 Å². The summed E-state index contributed by atoms with van der Waals surface area (Å²) in [5.41, 5.74) is 0. The molecular weight excluding hydrogens is 484 g/mol. The lowest BCUT2D eigenvalue weighted by Crippen LogP contribution is -1.86. The molecule has 0 bridgehead atoms. The SMILES string of the molecule is CCCCCCCCCCCCCCC=CC(=O)O.CCCCCCCCCCCCCCCC=CC(=O)O. The van der Waals surface area contributed by atoms with Gasteiger partial charge in [0.2, 0.25) is 0 Å². The van der Waals surface area contributed by atoms with Crippen molar-refractivity contribution in [2.75, 3.05) is 0 Å². The maximum atomic E-state index is 10.2. The van der Waals surface area contributed by atoms with E-state index in [0.717, 1.165) is 25.7 Å². The predicted molar refractivity (Wildman–Crippen MR) is 170 cm³/mol. The largest absolute Gasteiger partial charge is 0.478 e. The van der Waals surface area contributed by atoms with Crippen LogP contribution >= 0.6 is 0 Å². The van der Waals surface area contributed by atoms with E-state index in [9.17, 15) is 9.59 Å². The molecule has 0 fully saturated rings. The Morgan fingerprint density at radius 1 is 0.385 bits per heavy atom. The topological polar surface area (TPSA) is 74.6 Å². The molecule has 0 aliphatic carbocycles. The van der Waals surface area contributed by atoms with E-state index in [1.54, 1.807) is 12.2 Å². The summed E-state index contributed by atoms with van der Waals surface area (Å²) in [4.78, 5) is 20.5. The Balaban J connectivity index is 0. The molecule has 230 valence electrons. The average Bonchev–Trinajstić information content (AvgIpc) is 2.91. The highest BCUT2D eigenvalue weighted by atomic mass is 16.4. The first-order valence-electron chi connectivity index (χ1n) is 16.8.